The Hall–Kier alpha value is -2.96. The minimum absolute atomic E-state index is 0.00934. The molecule has 0 saturated carbocycles. The Bertz CT molecular complexity index is 658. The third-order valence-corrected chi connectivity index (χ3v) is 2.56. The number of nitrogens with one attached hydrogen (secondary N) is 1. The number of benzene rings is 2. The van der Waals surface area contributed by atoms with Gasteiger partial charge in [0.05, 0.1) is 17.2 Å². The number of nitro benzene ring substituents is 1. The number of anilines is 1. The van der Waals surface area contributed by atoms with Crippen molar-refractivity contribution in [1.29, 1.82) is 0 Å². The molecule has 2 aromatic carbocycles. The maximum absolute atomic E-state index is 10.7. The monoisotopic (exact) mass is 286 g/mol. The van der Waals surface area contributed by atoms with E-state index < -0.39 is 4.92 Å². The van der Waals surface area contributed by atoms with E-state index in [4.69, 9.17) is 4.74 Å². The van der Waals surface area contributed by atoms with E-state index in [2.05, 4.69) is 15.8 Å². The van der Waals surface area contributed by atoms with Crippen LogP contribution in [0.5, 0.6) is 5.75 Å². The van der Waals surface area contributed by atoms with Crippen LogP contribution in [0, 0.1) is 10.1 Å². The van der Waals surface area contributed by atoms with Crippen LogP contribution in [-0.2, 0) is 0 Å². The van der Waals surface area contributed by atoms with Crippen molar-refractivity contribution in [3.05, 3.63) is 58.6 Å². The number of non-ortho nitro benzene ring substituents is 1. The van der Waals surface area contributed by atoms with E-state index in [0.29, 0.717) is 23.7 Å². The lowest BCUT2D eigenvalue weighted by Crippen LogP contribution is -1.92. The standard InChI is InChI=1S/C14H14N4O3/c1-2-21-14-9-4-3-8-13(14)16-17-15-11-6-5-7-12(10-11)18(19)20/h3-10H,2H2,1H3,(H,15,16). The predicted molar refractivity (Wildman–Crippen MR) is 78.8 cm³/mol. The van der Waals surface area contributed by atoms with E-state index in [9.17, 15) is 10.1 Å². The summed E-state index contributed by atoms with van der Waals surface area (Å²) in [4.78, 5) is 10.2. The summed E-state index contributed by atoms with van der Waals surface area (Å²) >= 11 is 0. The molecular weight excluding hydrogens is 272 g/mol. The van der Waals surface area contributed by atoms with Gasteiger partial charge in [-0.2, -0.15) is 0 Å². The Balaban J connectivity index is 2.09. The zero-order valence-corrected chi connectivity index (χ0v) is 11.4. The van der Waals surface area contributed by atoms with Gasteiger partial charge in [-0.1, -0.05) is 23.4 Å². The molecule has 7 heteroatoms. The third kappa shape index (κ3) is 4.00. The van der Waals surface area contributed by atoms with Gasteiger partial charge in [-0.25, -0.2) is 0 Å². The van der Waals surface area contributed by atoms with Gasteiger partial charge in [-0.05, 0) is 25.1 Å². The minimum atomic E-state index is -0.466. The van der Waals surface area contributed by atoms with Crippen molar-refractivity contribution in [2.45, 2.75) is 6.92 Å². The minimum Gasteiger partial charge on any atom is -0.492 e. The summed E-state index contributed by atoms with van der Waals surface area (Å²) in [5.74, 6) is 0.629. The van der Waals surface area contributed by atoms with Crippen molar-refractivity contribution >= 4 is 17.1 Å². The molecule has 0 aromatic heterocycles. The topological polar surface area (TPSA) is 89.1 Å². The summed E-state index contributed by atoms with van der Waals surface area (Å²) < 4.78 is 5.42. The molecule has 2 rings (SSSR count). The Morgan fingerprint density at radius 3 is 2.81 bits per heavy atom. The summed E-state index contributed by atoms with van der Waals surface area (Å²) in [6.45, 7) is 2.42. The van der Waals surface area contributed by atoms with Crippen LogP contribution >= 0.6 is 0 Å². The molecule has 0 amide bonds. The van der Waals surface area contributed by atoms with Crippen LogP contribution in [0.2, 0.25) is 0 Å². The maximum Gasteiger partial charge on any atom is 0.271 e. The Labute approximate surface area is 121 Å². The summed E-state index contributed by atoms with van der Waals surface area (Å²) in [6, 6.07) is 13.3. The molecular formula is C14H14N4O3. The molecule has 0 atom stereocenters. The van der Waals surface area contributed by atoms with Gasteiger partial charge in [-0.3, -0.25) is 15.5 Å². The average molecular weight is 286 g/mol. The second-order valence-electron chi connectivity index (χ2n) is 4.02. The SMILES string of the molecule is CCOc1ccccc1N=NNc1cccc([N+](=O)[O-])c1. The van der Waals surface area contributed by atoms with Crippen molar-refractivity contribution < 1.29 is 9.66 Å². The molecule has 0 aliphatic carbocycles. The van der Waals surface area contributed by atoms with E-state index in [0.717, 1.165) is 0 Å². The second kappa shape index (κ2) is 6.99. The second-order valence-corrected chi connectivity index (χ2v) is 4.02. The van der Waals surface area contributed by atoms with Crippen LogP contribution in [0.3, 0.4) is 0 Å². The molecule has 21 heavy (non-hydrogen) atoms. The number of nitrogens with zero attached hydrogens (tertiary/aromatic N) is 3. The van der Waals surface area contributed by atoms with Gasteiger partial charge in [0.2, 0.25) is 0 Å². The zero-order chi connectivity index (χ0) is 15.1. The summed E-state index contributed by atoms with van der Waals surface area (Å²) in [7, 11) is 0. The summed E-state index contributed by atoms with van der Waals surface area (Å²) in [5.41, 5.74) is 3.72. The first kappa shape index (κ1) is 14.4. The van der Waals surface area contributed by atoms with Gasteiger partial charge in [0.1, 0.15) is 11.4 Å². The predicted octanol–water partition coefficient (Wildman–Crippen LogP) is 4.10. The number of hydrogen-bond acceptors (Lipinski definition) is 5. The smallest absolute Gasteiger partial charge is 0.271 e. The van der Waals surface area contributed by atoms with Gasteiger partial charge in [0.25, 0.3) is 5.69 Å². The maximum atomic E-state index is 10.7. The average Bonchev–Trinajstić information content (AvgIpc) is 2.49. The lowest BCUT2D eigenvalue weighted by molar-refractivity contribution is -0.384. The molecule has 0 aliphatic rings. The molecule has 7 nitrogen and oxygen atoms in total. The van der Waals surface area contributed by atoms with Crippen LogP contribution in [0.1, 0.15) is 6.92 Å². The molecule has 0 saturated heterocycles. The molecule has 0 heterocycles. The van der Waals surface area contributed by atoms with Gasteiger partial charge >= 0.3 is 0 Å². The van der Waals surface area contributed by atoms with E-state index >= 15 is 0 Å². The van der Waals surface area contributed by atoms with Gasteiger partial charge < -0.3 is 4.74 Å². The molecule has 0 spiro atoms. The number of nitro groups is 1. The normalized spacial score (nSPS) is 10.5. The van der Waals surface area contributed by atoms with Crippen molar-refractivity contribution in [2.75, 3.05) is 12.0 Å². The van der Waals surface area contributed by atoms with Crippen LogP contribution in [0.4, 0.5) is 17.1 Å². The summed E-state index contributed by atoms with van der Waals surface area (Å²) in [6.07, 6.45) is 0. The Kier molecular flexibility index (Phi) is 4.81. The number of rotatable bonds is 6. The van der Waals surface area contributed by atoms with Crippen LogP contribution in [-0.4, -0.2) is 11.5 Å². The van der Waals surface area contributed by atoms with Crippen molar-refractivity contribution in [3.63, 3.8) is 0 Å². The largest absolute Gasteiger partial charge is 0.492 e. The van der Waals surface area contributed by atoms with Crippen LogP contribution in [0.25, 0.3) is 0 Å². The van der Waals surface area contributed by atoms with Gasteiger partial charge in [0, 0.05) is 12.1 Å². The quantitative estimate of drug-likeness (QED) is 0.491. The summed E-state index contributed by atoms with van der Waals surface area (Å²) in [5, 5.41) is 18.5. The highest BCUT2D eigenvalue weighted by Gasteiger charge is 2.05. The molecule has 0 unspecified atom stereocenters. The first-order valence-electron chi connectivity index (χ1n) is 6.33. The fourth-order valence-electron chi connectivity index (χ4n) is 1.64. The van der Waals surface area contributed by atoms with Crippen molar-refractivity contribution in [1.82, 2.24) is 0 Å². The van der Waals surface area contributed by atoms with E-state index in [-0.39, 0.29) is 5.69 Å². The fourth-order valence-corrected chi connectivity index (χ4v) is 1.64. The lowest BCUT2D eigenvalue weighted by Gasteiger charge is -2.05. The van der Waals surface area contributed by atoms with Gasteiger partial charge in [-0.15, -0.1) is 5.11 Å². The van der Waals surface area contributed by atoms with Crippen LogP contribution < -0.4 is 10.2 Å². The molecule has 0 fully saturated rings. The van der Waals surface area contributed by atoms with E-state index in [1.807, 2.05) is 19.1 Å². The molecule has 0 aliphatic heterocycles. The van der Waals surface area contributed by atoms with Gasteiger partial charge in [0.15, 0.2) is 0 Å². The highest BCUT2D eigenvalue weighted by molar-refractivity contribution is 5.52. The Morgan fingerprint density at radius 2 is 2.05 bits per heavy atom. The third-order valence-electron chi connectivity index (χ3n) is 2.56. The van der Waals surface area contributed by atoms with Crippen molar-refractivity contribution in [3.8, 4) is 5.75 Å². The molecule has 0 bridgehead atoms. The van der Waals surface area contributed by atoms with Crippen LogP contribution in [0.15, 0.2) is 58.9 Å². The first-order chi connectivity index (χ1) is 10.2. The fraction of sp³-hybridized carbons (Fsp3) is 0.143. The van der Waals surface area contributed by atoms with E-state index in [1.165, 1.54) is 12.1 Å². The number of hydrogen-bond donors (Lipinski definition) is 1. The zero-order valence-electron chi connectivity index (χ0n) is 11.4. The first-order valence-corrected chi connectivity index (χ1v) is 6.33. The molecule has 108 valence electrons. The number of para-hydroxylation sites is 1. The highest BCUT2D eigenvalue weighted by Crippen LogP contribution is 2.27. The highest BCUT2D eigenvalue weighted by atomic mass is 16.6. The lowest BCUT2D eigenvalue weighted by atomic mass is 10.3. The van der Waals surface area contributed by atoms with Crippen molar-refractivity contribution in [2.24, 2.45) is 10.3 Å². The molecule has 0 radical (unpaired) electrons. The Morgan fingerprint density at radius 1 is 1.24 bits per heavy atom. The molecule has 2 aromatic rings. The molecule has 1 N–H and O–H groups in total. The van der Waals surface area contributed by atoms with E-state index in [1.54, 1.807) is 24.3 Å². The number of ether oxygens (including phenoxy) is 1.